The second kappa shape index (κ2) is 10.5. The molecule has 1 rings (SSSR count). The van der Waals surface area contributed by atoms with Gasteiger partial charge in [-0.05, 0) is 33.3 Å². The summed E-state index contributed by atoms with van der Waals surface area (Å²) in [6.07, 6.45) is -3.08. The standard InChI is InChI=1S/C19H27NO7/c1-13(25-12-14-8-6-5-7-9-14)17(23)26-15(16(21)22)10-11-20-18(24)27-19(2,3)4/h5-9,13,15H,10-12H2,1-4H3,(H,20,24)(H,21,22)/t13-,15?/m0/s1. The van der Waals surface area contributed by atoms with E-state index in [2.05, 4.69) is 5.32 Å². The van der Waals surface area contributed by atoms with Gasteiger partial charge in [0.2, 0.25) is 0 Å². The quantitative estimate of drug-likeness (QED) is 0.632. The maximum atomic E-state index is 12.0. The predicted molar refractivity (Wildman–Crippen MR) is 97.1 cm³/mol. The number of rotatable bonds is 9. The molecule has 27 heavy (non-hydrogen) atoms. The lowest BCUT2D eigenvalue weighted by Gasteiger charge is -2.20. The van der Waals surface area contributed by atoms with Crippen molar-refractivity contribution < 1.29 is 33.7 Å². The van der Waals surface area contributed by atoms with Gasteiger partial charge < -0.3 is 24.6 Å². The third-order valence-electron chi connectivity index (χ3n) is 3.28. The van der Waals surface area contributed by atoms with Gasteiger partial charge in [0, 0.05) is 13.0 Å². The van der Waals surface area contributed by atoms with Crippen LogP contribution in [0.1, 0.15) is 39.7 Å². The number of amides is 1. The molecule has 150 valence electrons. The fourth-order valence-electron chi connectivity index (χ4n) is 1.95. The van der Waals surface area contributed by atoms with Crippen LogP contribution < -0.4 is 5.32 Å². The van der Waals surface area contributed by atoms with Crippen LogP contribution in [-0.4, -0.2) is 47.5 Å². The number of alkyl carbamates (subject to hydrolysis) is 1. The summed E-state index contributed by atoms with van der Waals surface area (Å²) in [4.78, 5) is 34.9. The Bertz CT molecular complexity index is 625. The smallest absolute Gasteiger partial charge is 0.407 e. The van der Waals surface area contributed by atoms with Gasteiger partial charge in [-0.1, -0.05) is 30.3 Å². The zero-order valence-corrected chi connectivity index (χ0v) is 16.1. The number of aliphatic carboxylic acids is 1. The number of benzene rings is 1. The average molecular weight is 381 g/mol. The molecule has 1 unspecified atom stereocenters. The van der Waals surface area contributed by atoms with E-state index in [1.807, 2.05) is 30.3 Å². The summed E-state index contributed by atoms with van der Waals surface area (Å²) in [6, 6.07) is 9.25. The molecule has 1 aromatic rings. The molecule has 1 aromatic carbocycles. The van der Waals surface area contributed by atoms with Gasteiger partial charge in [0.15, 0.2) is 12.2 Å². The molecule has 0 saturated heterocycles. The van der Waals surface area contributed by atoms with Crippen molar-refractivity contribution in [3.63, 3.8) is 0 Å². The zero-order chi connectivity index (χ0) is 20.4. The molecule has 0 radical (unpaired) electrons. The van der Waals surface area contributed by atoms with Crippen LogP contribution in [0.3, 0.4) is 0 Å². The van der Waals surface area contributed by atoms with E-state index in [9.17, 15) is 19.5 Å². The third-order valence-corrected chi connectivity index (χ3v) is 3.28. The molecular weight excluding hydrogens is 354 g/mol. The van der Waals surface area contributed by atoms with Crippen LogP contribution in [0.4, 0.5) is 4.79 Å². The molecular formula is C19H27NO7. The van der Waals surface area contributed by atoms with Crippen molar-refractivity contribution in [2.75, 3.05) is 6.54 Å². The highest BCUT2D eigenvalue weighted by Crippen LogP contribution is 2.08. The van der Waals surface area contributed by atoms with E-state index in [0.717, 1.165) is 5.56 Å². The Labute approximate surface area is 158 Å². The summed E-state index contributed by atoms with van der Waals surface area (Å²) >= 11 is 0. The molecule has 0 aliphatic rings. The first kappa shape index (κ1) is 22.4. The first-order valence-corrected chi connectivity index (χ1v) is 8.64. The lowest BCUT2D eigenvalue weighted by Crippen LogP contribution is -2.37. The normalized spacial score (nSPS) is 13.3. The van der Waals surface area contributed by atoms with Crippen molar-refractivity contribution in [2.24, 2.45) is 0 Å². The molecule has 0 aromatic heterocycles. The predicted octanol–water partition coefficient (Wildman–Crippen LogP) is 2.50. The zero-order valence-electron chi connectivity index (χ0n) is 16.1. The average Bonchev–Trinajstić information content (AvgIpc) is 2.57. The number of esters is 1. The molecule has 0 bridgehead atoms. The van der Waals surface area contributed by atoms with E-state index in [1.54, 1.807) is 20.8 Å². The van der Waals surface area contributed by atoms with Gasteiger partial charge in [0.05, 0.1) is 6.61 Å². The van der Waals surface area contributed by atoms with Crippen LogP contribution in [-0.2, 0) is 30.4 Å². The van der Waals surface area contributed by atoms with Gasteiger partial charge in [-0.15, -0.1) is 0 Å². The second-order valence-corrected chi connectivity index (χ2v) is 6.92. The van der Waals surface area contributed by atoms with Gasteiger partial charge in [-0.2, -0.15) is 0 Å². The molecule has 2 atom stereocenters. The molecule has 2 N–H and O–H groups in total. The number of ether oxygens (including phenoxy) is 3. The Balaban J connectivity index is 2.42. The van der Waals surface area contributed by atoms with E-state index in [-0.39, 0.29) is 19.6 Å². The number of hydrogen-bond donors (Lipinski definition) is 2. The number of carbonyl (C=O) groups excluding carboxylic acids is 2. The number of carboxylic acids is 1. The molecule has 0 aliphatic heterocycles. The van der Waals surface area contributed by atoms with Gasteiger partial charge >= 0.3 is 18.0 Å². The first-order valence-electron chi connectivity index (χ1n) is 8.64. The van der Waals surface area contributed by atoms with Crippen LogP contribution in [0.25, 0.3) is 0 Å². The van der Waals surface area contributed by atoms with Crippen LogP contribution in [0, 0.1) is 0 Å². The lowest BCUT2D eigenvalue weighted by molar-refractivity contribution is -0.172. The monoisotopic (exact) mass is 381 g/mol. The Morgan fingerprint density at radius 1 is 1.15 bits per heavy atom. The molecule has 8 nitrogen and oxygen atoms in total. The summed E-state index contributed by atoms with van der Waals surface area (Å²) in [6.45, 7) is 6.82. The molecule has 0 aliphatic carbocycles. The van der Waals surface area contributed by atoms with E-state index in [1.165, 1.54) is 6.92 Å². The van der Waals surface area contributed by atoms with Gasteiger partial charge in [-0.3, -0.25) is 0 Å². The molecule has 0 saturated carbocycles. The highest BCUT2D eigenvalue weighted by atomic mass is 16.6. The Morgan fingerprint density at radius 3 is 2.33 bits per heavy atom. The SMILES string of the molecule is C[C@H](OCc1ccccc1)C(=O)OC(CCNC(=O)OC(C)(C)C)C(=O)O. The summed E-state index contributed by atoms with van der Waals surface area (Å²) in [7, 11) is 0. The highest BCUT2D eigenvalue weighted by Gasteiger charge is 2.26. The molecule has 0 heterocycles. The van der Waals surface area contributed by atoms with E-state index in [4.69, 9.17) is 14.2 Å². The molecule has 0 spiro atoms. The number of carboxylic acid groups (broad SMARTS) is 1. The summed E-state index contributed by atoms with van der Waals surface area (Å²) in [5, 5.41) is 11.6. The minimum atomic E-state index is -1.39. The highest BCUT2D eigenvalue weighted by molar-refractivity contribution is 5.80. The van der Waals surface area contributed by atoms with Crippen LogP contribution >= 0.6 is 0 Å². The Hall–Kier alpha value is -2.61. The van der Waals surface area contributed by atoms with E-state index in [0.29, 0.717) is 0 Å². The fourth-order valence-corrected chi connectivity index (χ4v) is 1.95. The maximum absolute atomic E-state index is 12.0. The number of carbonyl (C=O) groups is 3. The largest absolute Gasteiger partial charge is 0.479 e. The van der Waals surface area contributed by atoms with Gasteiger partial charge in [0.25, 0.3) is 0 Å². The number of nitrogens with one attached hydrogen (secondary N) is 1. The van der Waals surface area contributed by atoms with Crippen LogP contribution in [0.5, 0.6) is 0 Å². The van der Waals surface area contributed by atoms with Crippen molar-refractivity contribution in [3.05, 3.63) is 35.9 Å². The van der Waals surface area contributed by atoms with Crippen molar-refractivity contribution in [2.45, 2.75) is 58.5 Å². The van der Waals surface area contributed by atoms with E-state index < -0.39 is 35.8 Å². The summed E-state index contributed by atoms with van der Waals surface area (Å²) < 4.78 is 15.4. The molecule has 1 amide bonds. The van der Waals surface area contributed by atoms with Gasteiger partial charge in [-0.25, -0.2) is 14.4 Å². The maximum Gasteiger partial charge on any atom is 0.407 e. The fraction of sp³-hybridized carbons (Fsp3) is 0.526. The molecule has 8 heteroatoms. The summed E-state index contributed by atoms with van der Waals surface area (Å²) in [5.74, 6) is -2.08. The van der Waals surface area contributed by atoms with Crippen molar-refractivity contribution in [1.82, 2.24) is 5.32 Å². The Morgan fingerprint density at radius 2 is 1.78 bits per heavy atom. The third kappa shape index (κ3) is 9.60. The minimum absolute atomic E-state index is 0.0155. The van der Waals surface area contributed by atoms with Crippen LogP contribution in [0.15, 0.2) is 30.3 Å². The van der Waals surface area contributed by atoms with Crippen LogP contribution in [0.2, 0.25) is 0 Å². The van der Waals surface area contributed by atoms with Crippen molar-refractivity contribution in [1.29, 1.82) is 0 Å². The Kier molecular flexibility index (Phi) is 8.74. The minimum Gasteiger partial charge on any atom is -0.479 e. The first-order chi connectivity index (χ1) is 12.6. The van der Waals surface area contributed by atoms with Crippen molar-refractivity contribution in [3.8, 4) is 0 Å². The second-order valence-electron chi connectivity index (χ2n) is 6.92. The van der Waals surface area contributed by atoms with Gasteiger partial charge in [0.1, 0.15) is 5.60 Å². The lowest BCUT2D eigenvalue weighted by atomic mass is 10.2. The number of hydrogen-bond acceptors (Lipinski definition) is 6. The van der Waals surface area contributed by atoms with Crippen molar-refractivity contribution >= 4 is 18.0 Å². The molecule has 0 fully saturated rings. The van der Waals surface area contributed by atoms with E-state index >= 15 is 0 Å². The summed E-state index contributed by atoms with van der Waals surface area (Å²) in [5.41, 5.74) is 0.224. The topological polar surface area (TPSA) is 111 Å².